The maximum atomic E-state index is 13.1. The number of carbonyl (C=O) groups excluding carboxylic acids is 1. The smallest absolute Gasteiger partial charge is 0.354 e. The number of nitrogens with one attached hydrogen (secondary N) is 1. The molecule has 0 radical (unpaired) electrons. The van der Waals surface area contributed by atoms with Crippen molar-refractivity contribution >= 4 is 17.5 Å². The summed E-state index contributed by atoms with van der Waals surface area (Å²) in [6, 6.07) is 12.2. The van der Waals surface area contributed by atoms with Gasteiger partial charge in [-0.05, 0) is 55.2 Å². The molecule has 2 aromatic carbocycles. The predicted molar refractivity (Wildman–Crippen MR) is 113 cm³/mol. The molecule has 10 heteroatoms. The molecule has 1 aliphatic carbocycles. The molecule has 0 spiro atoms. The molecule has 0 aliphatic heterocycles. The Hall–Kier alpha value is -3.07. The lowest BCUT2D eigenvalue weighted by Crippen LogP contribution is -2.34. The summed E-state index contributed by atoms with van der Waals surface area (Å²) in [5.74, 6) is -0.0410. The average Bonchev–Trinajstić information content (AvgIpc) is 3.53. The maximum absolute atomic E-state index is 13.1. The van der Waals surface area contributed by atoms with Crippen molar-refractivity contribution in [3.8, 4) is 11.4 Å². The van der Waals surface area contributed by atoms with Gasteiger partial charge in [0.25, 0.3) is 0 Å². The summed E-state index contributed by atoms with van der Waals surface area (Å²) in [6.07, 6.45) is -2.72. The lowest BCUT2D eigenvalue weighted by Gasteiger charge is -2.12. The van der Waals surface area contributed by atoms with Crippen LogP contribution in [0.5, 0.6) is 0 Å². The summed E-state index contributed by atoms with van der Waals surface area (Å²) in [7, 11) is 0. The topological polar surface area (TPSA) is 68.9 Å². The average molecular weight is 465 g/mol. The van der Waals surface area contributed by atoms with E-state index in [1.54, 1.807) is 28.8 Å². The monoisotopic (exact) mass is 464 g/mol. The summed E-state index contributed by atoms with van der Waals surface area (Å²) in [5, 5.41) is 7.47. The first-order chi connectivity index (χ1) is 15.2. The lowest BCUT2D eigenvalue weighted by atomic mass is 10.0. The van der Waals surface area contributed by atoms with Gasteiger partial charge in [0.2, 0.25) is 5.91 Å². The highest BCUT2D eigenvalue weighted by Gasteiger charge is 2.33. The van der Waals surface area contributed by atoms with Crippen LogP contribution in [0.2, 0.25) is 5.02 Å². The van der Waals surface area contributed by atoms with Crippen LogP contribution in [0.3, 0.4) is 0 Å². The van der Waals surface area contributed by atoms with E-state index in [0.717, 1.165) is 23.6 Å². The fourth-order valence-electron chi connectivity index (χ4n) is 3.52. The first-order valence-corrected chi connectivity index (χ1v) is 10.5. The molecule has 1 heterocycles. The summed E-state index contributed by atoms with van der Waals surface area (Å²) in [5.41, 5.74) is -0.307. The van der Waals surface area contributed by atoms with Crippen LogP contribution in [-0.2, 0) is 23.9 Å². The molecule has 1 saturated carbocycles. The zero-order valence-electron chi connectivity index (χ0n) is 16.9. The molecule has 0 bridgehead atoms. The van der Waals surface area contributed by atoms with Crippen molar-refractivity contribution in [1.82, 2.24) is 19.7 Å². The number of amides is 1. The quantitative estimate of drug-likeness (QED) is 0.573. The zero-order chi connectivity index (χ0) is 22.9. The summed E-state index contributed by atoms with van der Waals surface area (Å²) < 4.78 is 41.9. The van der Waals surface area contributed by atoms with Gasteiger partial charge in [0.05, 0.1) is 5.56 Å². The number of hydrogen-bond acceptors (Lipinski definition) is 3. The Morgan fingerprint density at radius 3 is 2.47 bits per heavy atom. The van der Waals surface area contributed by atoms with E-state index in [-0.39, 0.29) is 31.1 Å². The molecule has 1 amide bonds. The molecule has 1 fully saturated rings. The number of benzene rings is 2. The van der Waals surface area contributed by atoms with Crippen LogP contribution in [0, 0.1) is 0 Å². The predicted octanol–water partition coefficient (Wildman–Crippen LogP) is 4.08. The number of hydrogen-bond donors (Lipinski definition) is 1. The second kappa shape index (κ2) is 8.82. The van der Waals surface area contributed by atoms with Crippen LogP contribution in [0.15, 0.2) is 53.3 Å². The molecule has 1 aromatic heterocycles. The van der Waals surface area contributed by atoms with Crippen LogP contribution in [0.1, 0.15) is 30.0 Å². The minimum absolute atomic E-state index is 0.00799. The van der Waals surface area contributed by atoms with Crippen LogP contribution in [0.4, 0.5) is 13.2 Å². The second-order valence-corrected chi connectivity index (χ2v) is 8.06. The number of carbonyl (C=O) groups is 1. The van der Waals surface area contributed by atoms with Crippen LogP contribution in [-0.4, -0.2) is 26.8 Å². The number of alkyl halides is 3. The van der Waals surface area contributed by atoms with Crippen molar-refractivity contribution in [2.24, 2.45) is 0 Å². The van der Waals surface area contributed by atoms with Gasteiger partial charge in [-0.2, -0.15) is 13.2 Å². The van der Waals surface area contributed by atoms with Crippen molar-refractivity contribution in [2.45, 2.75) is 38.0 Å². The van der Waals surface area contributed by atoms with Gasteiger partial charge in [0.1, 0.15) is 6.54 Å². The van der Waals surface area contributed by atoms with Crippen LogP contribution >= 0.6 is 11.6 Å². The third kappa shape index (κ3) is 4.88. The Kier molecular flexibility index (Phi) is 6.10. The van der Waals surface area contributed by atoms with E-state index in [2.05, 4.69) is 10.4 Å². The van der Waals surface area contributed by atoms with Crippen molar-refractivity contribution in [3.63, 3.8) is 0 Å². The van der Waals surface area contributed by atoms with E-state index in [1.807, 2.05) is 0 Å². The van der Waals surface area contributed by atoms with Gasteiger partial charge in [-0.3, -0.25) is 9.36 Å². The molecule has 0 atom stereocenters. The van der Waals surface area contributed by atoms with E-state index in [4.69, 9.17) is 11.6 Å². The molecule has 32 heavy (non-hydrogen) atoms. The minimum atomic E-state index is -4.46. The van der Waals surface area contributed by atoms with Gasteiger partial charge in [-0.15, -0.1) is 5.10 Å². The van der Waals surface area contributed by atoms with E-state index in [9.17, 15) is 22.8 Å². The molecule has 4 rings (SSSR count). The first-order valence-electron chi connectivity index (χ1n) is 10.1. The number of aromatic nitrogens is 3. The van der Waals surface area contributed by atoms with Crippen molar-refractivity contribution in [2.75, 3.05) is 6.54 Å². The molecule has 1 N–H and O–H groups in total. The Morgan fingerprint density at radius 2 is 1.81 bits per heavy atom. The van der Waals surface area contributed by atoms with Gasteiger partial charge in [-0.1, -0.05) is 29.8 Å². The molecular weight excluding hydrogens is 445 g/mol. The minimum Gasteiger partial charge on any atom is -0.354 e. The largest absolute Gasteiger partial charge is 0.416 e. The molecule has 168 valence electrons. The van der Waals surface area contributed by atoms with Gasteiger partial charge in [0.15, 0.2) is 5.82 Å². The van der Waals surface area contributed by atoms with Crippen molar-refractivity contribution in [1.29, 1.82) is 0 Å². The first kappa shape index (κ1) is 22.1. The highest BCUT2D eigenvalue weighted by Crippen LogP contribution is 2.36. The van der Waals surface area contributed by atoms with Crippen LogP contribution in [0.25, 0.3) is 11.4 Å². The zero-order valence-corrected chi connectivity index (χ0v) is 17.7. The van der Waals surface area contributed by atoms with Gasteiger partial charge >= 0.3 is 11.9 Å². The molecule has 0 unspecified atom stereocenters. The second-order valence-electron chi connectivity index (χ2n) is 7.63. The third-order valence-corrected chi connectivity index (χ3v) is 5.47. The van der Waals surface area contributed by atoms with E-state index in [0.29, 0.717) is 16.4 Å². The summed E-state index contributed by atoms with van der Waals surface area (Å²) in [4.78, 5) is 25.2. The van der Waals surface area contributed by atoms with E-state index < -0.39 is 23.3 Å². The SMILES string of the molecule is O=C(Cn1nc(-c2ccc(Cl)cc2)n(C2CC2)c1=O)NCCc1ccccc1C(F)(F)F. The number of rotatable bonds is 7. The highest BCUT2D eigenvalue weighted by atomic mass is 35.5. The fourth-order valence-corrected chi connectivity index (χ4v) is 3.65. The Balaban J connectivity index is 1.45. The van der Waals surface area contributed by atoms with Gasteiger partial charge in [0, 0.05) is 23.2 Å². The molecule has 0 saturated heterocycles. The molecule has 3 aromatic rings. The molecule has 1 aliphatic rings. The fraction of sp³-hybridized carbons (Fsp3) is 0.318. The van der Waals surface area contributed by atoms with Gasteiger partial charge in [-0.25, -0.2) is 9.48 Å². The normalized spacial score (nSPS) is 13.9. The maximum Gasteiger partial charge on any atom is 0.416 e. The van der Waals surface area contributed by atoms with Crippen LogP contribution < -0.4 is 11.0 Å². The third-order valence-electron chi connectivity index (χ3n) is 5.22. The highest BCUT2D eigenvalue weighted by molar-refractivity contribution is 6.30. The Bertz CT molecular complexity index is 1180. The summed E-state index contributed by atoms with van der Waals surface area (Å²) >= 11 is 5.94. The van der Waals surface area contributed by atoms with E-state index in [1.165, 1.54) is 18.2 Å². The standard InChI is InChI=1S/C22H20ClF3N4O2/c23-16-7-5-15(6-8-16)20-28-29(21(32)30(20)17-9-10-17)13-19(31)27-12-11-14-3-1-2-4-18(14)22(24,25)26/h1-8,17H,9-13H2,(H,27,31). The van der Waals surface area contributed by atoms with E-state index >= 15 is 0 Å². The van der Waals surface area contributed by atoms with Crippen molar-refractivity contribution in [3.05, 3.63) is 75.2 Å². The number of halogens is 4. The molecular formula is C22H20ClF3N4O2. The summed E-state index contributed by atoms with van der Waals surface area (Å²) in [6.45, 7) is -0.311. The van der Waals surface area contributed by atoms with Crippen molar-refractivity contribution < 1.29 is 18.0 Å². The Labute approximate surface area is 186 Å². The lowest BCUT2D eigenvalue weighted by molar-refractivity contribution is -0.138. The van der Waals surface area contributed by atoms with Gasteiger partial charge < -0.3 is 5.32 Å². The number of nitrogens with zero attached hydrogens (tertiary/aromatic N) is 3. The Morgan fingerprint density at radius 1 is 1.12 bits per heavy atom. The molecule has 6 nitrogen and oxygen atoms in total.